The quantitative estimate of drug-likeness (QED) is 0.463. The Morgan fingerprint density at radius 3 is 2.75 bits per heavy atom. The van der Waals surface area contributed by atoms with E-state index >= 15 is 0 Å². The van der Waals surface area contributed by atoms with Crippen LogP contribution in [0.25, 0.3) is 21.8 Å². The van der Waals surface area contributed by atoms with E-state index in [0.717, 1.165) is 27.6 Å². The van der Waals surface area contributed by atoms with Gasteiger partial charge in [-0.2, -0.15) is 11.8 Å². The van der Waals surface area contributed by atoms with Gasteiger partial charge in [0.15, 0.2) is 0 Å². The lowest BCUT2D eigenvalue weighted by atomic mass is 10.1. The van der Waals surface area contributed by atoms with E-state index in [4.69, 9.17) is 0 Å². The Labute approximate surface area is 167 Å². The fourth-order valence-electron chi connectivity index (χ4n) is 3.01. The molecule has 0 saturated carbocycles. The van der Waals surface area contributed by atoms with E-state index in [1.54, 1.807) is 30.9 Å². The van der Waals surface area contributed by atoms with Gasteiger partial charge in [0.2, 0.25) is 5.91 Å². The molecule has 0 fully saturated rings. The molecule has 7 nitrogen and oxygen atoms in total. The minimum Gasteiger partial charge on any atom is -0.394 e. The molecule has 1 aromatic carbocycles. The van der Waals surface area contributed by atoms with E-state index in [0.29, 0.717) is 6.42 Å². The third kappa shape index (κ3) is 4.45. The van der Waals surface area contributed by atoms with Crippen molar-refractivity contribution in [3.8, 4) is 0 Å². The molecule has 28 heavy (non-hydrogen) atoms. The summed E-state index contributed by atoms with van der Waals surface area (Å²) in [4.78, 5) is 32.4. The maximum absolute atomic E-state index is 12.6. The van der Waals surface area contributed by atoms with Crippen molar-refractivity contribution in [1.82, 2.24) is 20.6 Å². The number of H-pyrrole nitrogens is 1. The first kappa shape index (κ1) is 20.2. The summed E-state index contributed by atoms with van der Waals surface area (Å²) in [7, 11) is 0. The van der Waals surface area contributed by atoms with Crippen LogP contribution in [0.2, 0.25) is 0 Å². The Morgan fingerprint density at radius 1 is 1.21 bits per heavy atom. The number of hydrogen-bond acceptors (Lipinski definition) is 5. The molecule has 0 radical (unpaired) electrons. The lowest BCUT2D eigenvalue weighted by Gasteiger charge is -2.19. The molecule has 3 aromatic rings. The van der Waals surface area contributed by atoms with Crippen LogP contribution in [0.4, 0.5) is 0 Å². The van der Waals surface area contributed by atoms with Gasteiger partial charge in [-0.1, -0.05) is 18.2 Å². The van der Waals surface area contributed by atoms with E-state index in [1.165, 1.54) is 0 Å². The molecule has 3 rings (SSSR count). The largest absolute Gasteiger partial charge is 0.394 e. The average Bonchev–Trinajstić information content (AvgIpc) is 3.08. The fraction of sp³-hybridized carbons (Fsp3) is 0.350. The smallest absolute Gasteiger partial charge is 0.270 e. The van der Waals surface area contributed by atoms with E-state index in [1.807, 2.05) is 30.5 Å². The number of fused-ring (bicyclic) bond motifs is 3. The van der Waals surface area contributed by atoms with Gasteiger partial charge in [-0.05, 0) is 37.5 Å². The first-order valence-corrected chi connectivity index (χ1v) is 10.5. The van der Waals surface area contributed by atoms with Crippen LogP contribution in [0.3, 0.4) is 0 Å². The van der Waals surface area contributed by atoms with Crippen molar-refractivity contribution in [2.75, 3.05) is 18.6 Å². The maximum atomic E-state index is 12.6. The van der Waals surface area contributed by atoms with Crippen molar-refractivity contribution in [3.63, 3.8) is 0 Å². The van der Waals surface area contributed by atoms with E-state index in [2.05, 4.69) is 20.6 Å². The third-order valence-electron chi connectivity index (χ3n) is 4.60. The number of para-hydroxylation sites is 1. The number of aromatic amines is 1. The van der Waals surface area contributed by atoms with Gasteiger partial charge in [-0.3, -0.25) is 9.59 Å². The Balaban J connectivity index is 1.69. The van der Waals surface area contributed by atoms with Gasteiger partial charge in [0.05, 0.1) is 24.4 Å². The van der Waals surface area contributed by atoms with Crippen LogP contribution < -0.4 is 10.6 Å². The monoisotopic (exact) mass is 400 g/mol. The third-order valence-corrected chi connectivity index (χ3v) is 5.25. The molecule has 0 aliphatic carbocycles. The highest BCUT2D eigenvalue weighted by Crippen LogP contribution is 2.24. The SMILES string of the molecule is CSCCC(CO)NC(=O)C(C)NC(=O)c1cc2c(cn1)[nH]c1ccccc12. The minimum atomic E-state index is -0.740. The van der Waals surface area contributed by atoms with Crippen LogP contribution >= 0.6 is 11.8 Å². The number of aliphatic hydroxyl groups is 1. The molecule has 2 unspecified atom stereocenters. The number of aromatic nitrogens is 2. The number of carbonyl (C=O) groups is 2. The molecular formula is C20H24N4O3S. The van der Waals surface area contributed by atoms with Gasteiger partial charge < -0.3 is 20.7 Å². The molecule has 0 saturated heterocycles. The number of nitrogens with one attached hydrogen (secondary N) is 3. The summed E-state index contributed by atoms with van der Waals surface area (Å²) in [6, 6.07) is 8.50. The first-order valence-electron chi connectivity index (χ1n) is 9.11. The number of aliphatic hydroxyl groups excluding tert-OH is 1. The van der Waals surface area contributed by atoms with Crippen molar-refractivity contribution in [2.24, 2.45) is 0 Å². The summed E-state index contributed by atoms with van der Waals surface area (Å²) in [6.45, 7) is 1.48. The van der Waals surface area contributed by atoms with E-state index < -0.39 is 11.9 Å². The average molecular weight is 401 g/mol. The number of thioether (sulfide) groups is 1. The highest BCUT2D eigenvalue weighted by molar-refractivity contribution is 7.98. The Kier molecular flexibility index (Phi) is 6.53. The van der Waals surface area contributed by atoms with E-state index in [9.17, 15) is 14.7 Å². The van der Waals surface area contributed by atoms with Crippen molar-refractivity contribution >= 4 is 45.4 Å². The van der Waals surface area contributed by atoms with E-state index in [-0.39, 0.29) is 24.2 Å². The second kappa shape index (κ2) is 9.07. The summed E-state index contributed by atoms with van der Waals surface area (Å²) < 4.78 is 0. The minimum absolute atomic E-state index is 0.133. The molecule has 0 bridgehead atoms. The lowest BCUT2D eigenvalue weighted by Crippen LogP contribution is -2.49. The molecule has 2 atom stereocenters. The number of benzene rings is 1. The predicted octanol–water partition coefficient (Wildman–Crippen LogP) is 2.06. The van der Waals surface area contributed by atoms with Crippen LogP contribution in [0.5, 0.6) is 0 Å². The Morgan fingerprint density at radius 2 is 2.00 bits per heavy atom. The van der Waals surface area contributed by atoms with Crippen molar-refractivity contribution in [1.29, 1.82) is 0 Å². The summed E-state index contributed by atoms with van der Waals surface area (Å²) in [5.41, 5.74) is 2.08. The summed E-state index contributed by atoms with van der Waals surface area (Å²) in [6.07, 6.45) is 4.26. The zero-order chi connectivity index (χ0) is 20.1. The normalized spacial score (nSPS) is 13.4. The molecule has 8 heteroatoms. The fourth-order valence-corrected chi connectivity index (χ4v) is 3.53. The van der Waals surface area contributed by atoms with Crippen LogP contribution in [0, 0.1) is 0 Å². The van der Waals surface area contributed by atoms with Crippen LogP contribution in [-0.2, 0) is 4.79 Å². The van der Waals surface area contributed by atoms with Crippen molar-refractivity contribution in [2.45, 2.75) is 25.4 Å². The van der Waals surface area contributed by atoms with Crippen LogP contribution in [0.15, 0.2) is 36.5 Å². The Bertz CT molecular complexity index is 988. The molecule has 2 aromatic heterocycles. The molecule has 0 aliphatic heterocycles. The molecule has 2 heterocycles. The van der Waals surface area contributed by atoms with Gasteiger partial charge >= 0.3 is 0 Å². The predicted molar refractivity (Wildman–Crippen MR) is 113 cm³/mol. The van der Waals surface area contributed by atoms with Gasteiger partial charge in [-0.25, -0.2) is 4.98 Å². The standard InChI is InChI=1S/C20H24N4O3S/c1-12(19(26)23-13(11-25)7-8-28-2)22-20(27)17-9-15-14-5-3-4-6-16(14)24-18(15)10-21-17/h3-6,9-10,12-13,24-25H,7-8,11H2,1-2H3,(H,22,27)(H,23,26). The second-order valence-electron chi connectivity index (χ2n) is 6.65. The van der Waals surface area contributed by atoms with Crippen LogP contribution in [-0.4, -0.2) is 57.6 Å². The molecule has 0 aliphatic rings. The molecular weight excluding hydrogens is 376 g/mol. The molecule has 148 valence electrons. The zero-order valence-electron chi connectivity index (χ0n) is 15.9. The molecule has 2 amide bonds. The first-order chi connectivity index (χ1) is 13.5. The number of hydrogen-bond donors (Lipinski definition) is 4. The lowest BCUT2D eigenvalue weighted by molar-refractivity contribution is -0.123. The highest BCUT2D eigenvalue weighted by atomic mass is 32.2. The maximum Gasteiger partial charge on any atom is 0.270 e. The Hall–Kier alpha value is -2.58. The van der Waals surface area contributed by atoms with Gasteiger partial charge in [0.1, 0.15) is 11.7 Å². The number of carbonyl (C=O) groups excluding carboxylic acids is 2. The van der Waals surface area contributed by atoms with Crippen LogP contribution in [0.1, 0.15) is 23.8 Å². The molecule has 4 N–H and O–H groups in total. The topological polar surface area (TPSA) is 107 Å². The highest BCUT2D eigenvalue weighted by Gasteiger charge is 2.20. The summed E-state index contributed by atoms with van der Waals surface area (Å²) in [5, 5.41) is 16.7. The van der Waals surface area contributed by atoms with Gasteiger partial charge in [-0.15, -0.1) is 0 Å². The summed E-state index contributed by atoms with van der Waals surface area (Å²) in [5.74, 6) is 0.0852. The van der Waals surface area contributed by atoms with Crippen molar-refractivity contribution < 1.29 is 14.7 Å². The van der Waals surface area contributed by atoms with Gasteiger partial charge in [0, 0.05) is 16.3 Å². The second-order valence-corrected chi connectivity index (χ2v) is 7.64. The molecule has 0 spiro atoms. The zero-order valence-corrected chi connectivity index (χ0v) is 16.7. The number of amides is 2. The van der Waals surface area contributed by atoms with Gasteiger partial charge in [0.25, 0.3) is 5.91 Å². The van der Waals surface area contributed by atoms with Crippen molar-refractivity contribution in [3.05, 3.63) is 42.2 Å². The summed E-state index contributed by atoms with van der Waals surface area (Å²) >= 11 is 1.65. The number of rotatable bonds is 8. The number of pyridine rings is 1. The number of nitrogens with zero attached hydrogens (tertiary/aromatic N) is 1.